The van der Waals surface area contributed by atoms with Gasteiger partial charge in [0.05, 0.1) is 6.61 Å². The molecule has 11 heteroatoms. The van der Waals surface area contributed by atoms with Crippen LogP contribution in [0.15, 0.2) is 71.8 Å². The second kappa shape index (κ2) is 12.6. The Morgan fingerprint density at radius 1 is 0.932 bits per heavy atom. The first-order chi connectivity index (χ1) is 20.8. The van der Waals surface area contributed by atoms with Gasteiger partial charge in [0.15, 0.2) is 33.6 Å². The number of carbonyl (C=O) groups excluding carboxylic acids is 3. The molecule has 0 radical (unpaired) electrons. The van der Waals surface area contributed by atoms with Gasteiger partial charge in [-0.2, -0.15) is 0 Å². The van der Waals surface area contributed by atoms with Gasteiger partial charge >= 0.3 is 5.97 Å². The molecule has 3 aliphatic rings. The van der Waals surface area contributed by atoms with Crippen LogP contribution in [0.2, 0.25) is 18.1 Å². The van der Waals surface area contributed by atoms with Gasteiger partial charge in [-0.1, -0.05) is 69.3 Å². The number of rotatable bonds is 8. The monoisotopic (exact) mass is 623 g/mol. The maximum atomic E-state index is 13.6. The number of ether oxygens (including phenoxy) is 5. The highest BCUT2D eigenvalue weighted by Gasteiger charge is 2.59. The second-order valence-electron chi connectivity index (χ2n) is 12.9. The van der Waals surface area contributed by atoms with Crippen LogP contribution in [0, 0.1) is 0 Å². The van der Waals surface area contributed by atoms with Crippen LogP contribution in [0.25, 0.3) is 0 Å². The molecule has 0 aromatic heterocycles. The SMILES string of the molecule is CC1=C(C)C(=O)N([C@H]2[C@H](O[Si](C)(C)C(C)(C)C)O[C@@H]3CO[C@@H](c4ccccc4)O[C@H]3[C@@H]2OC(=O)COc2ccccc2)C1=O. The topological polar surface area (TPSA) is 110 Å². The minimum absolute atomic E-state index is 0.112. The first kappa shape index (κ1) is 32.1. The number of nitrogens with zero attached hydrogens (tertiary/aromatic N) is 1. The number of para-hydroxylation sites is 1. The zero-order valence-corrected chi connectivity index (χ0v) is 27.3. The normalized spacial score (nSPS) is 27.8. The molecule has 0 aliphatic carbocycles. The number of amides is 2. The minimum atomic E-state index is -2.55. The van der Waals surface area contributed by atoms with E-state index in [1.54, 1.807) is 38.1 Å². The zero-order chi connectivity index (χ0) is 31.8. The lowest BCUT2D eigenvalue weighted by molar-refractivity contribution is -0.342. The number of hydrogen-bond donors (Lipinski definition) is 0. The summed E-state index contributed by atoms with van der Waals surface area (Å²) in [5, 5.41) is -0.228. The van der Waals surface area contributed by atoms with E-state index in [0.29, 0.717) is 16.9 Å². The first-order valence-electron chi connectivity index (χ1n) is 14.9. The number of imide groups is 1. The van der Waals surface area contributed by atoms with E-state index in [9.17, 15) is 14.4 Å². The fourth-order valence-corrected chi connectivity index (χ4v) is 6.33. The molecular weight excluding hydrogens is 582 g/mol. The minimum Gasteiger partial charge on any atom is -0.482 e. The van der Waals surface area contributed by atoms with E-state index in [2.05, 4.69) is 33.9 Å². The van der Waals surface area contributed by atoms with Crippen molar-refractivity contribution in [2.75, 3.05) is 13.2 Å². The smallest absolute Gasteiger partial charge is 0.344 e. The lowest BCUT2D eigenvalue weighted by atomic mass is 9.94. The number of hydrogen-bond acceptors (Lipinski definition) is 9. The summed E-state index contributed by atoms with van der Waals surface area (Å²) >= 11 is 0. The lowest BCUT2D eigenvalue weighted by Crippen LogP contribution is -2.70. The van der Waals surface area contributed by atoms with E-state index < -0.39 is 69.6 Å². The van der Waals surface area contributed by atoms with Crippen LogP contribution >= 0.6 is 0 Å². The van der Waals surface area contributed by atoms with Gasteiger partial charge in [0.1, 0.15) is 24.0 Å². The molecule has 3 aliphatic heterocycles. The Hall–Kier alpha value is -3.35. The molecule has 2 saturated heterocycles. The summed E-state index contributed by atoms with van der Waals surface area (Å²) in [4.78, 5) is 41.8. The number of esters is 1. The molecule has 0 saturated carbocycles. The Bertz CT molecular complexity index is 1380. The number of benzene rings is 2. The molecule has 0 unspecified atom stereocenters. The molecule has 10 nitrogen and oxygen atoms in total. The highest BCUT2D eigenvalue weighted by Crippen LogP contribution is 2.43. The highest BCUT2D eigenvalue weighted by molar-refractivity contribution is 6.74. The third-order valence-electron chi connectivity index (χ3n) is 8.90. The van der Waals surface area contributed by atoms with Crippen molar-refractivity contribution in [2.24, 2.45) is 0 Å². The zero-order valence-electron chi connectivity index (χ0n) is 26.3. The number of fused-ring (bicyclic) bond motifs is 1. The molecule has 236 valence electrons. The lowest BCUT2D eigenvalue weighted by Gasteiger charge is -2.52. The Balaban J connectivity index is 1.53. The van der Waals surface area contributed by atoms with Crippen LogP contribution < -0.4 is 4.74 Å². The van der Waals surface area contributed by atoms with Crippen LogP contribution in [0.1, 0.15) is 46.5 Å². The second-order valence-corrected chi connectivity index (χ2v) is 17.6. The molecule has 6 atom stereocenters. The van der Waals surface area contributed by atoms with Crippen molar-refractivity contribution < 1.29 is 42.5 Å². The van der Waals surface area contributed by atoms with Crippen molar-refractivity contribution in [2.45, 2.75) is 89.7 Å². The molecule has 0 spiro atoms. The average molecular weight is 624 g/mol. The van der Waals surface area contributed by atoms with E-state index >= 15 is 0 Å². The summed E-state index contributed by atoms with van der Waals surface area (Å²) < 4.78 is 37.6. The van der Waals surface area contributed by atoms with Crippen molar-refractivity contribution in [1.82, 2.24) is 4.90 Å². The van der Waals surface area contributed by atoms with Gasteiger partial charge in [0, 0.05) is 16.7 Å². The molecule has 3 heterocycles. The fourth-order valence-electron chi connectivity index (χ4n) is 5.20. The fraction of sp³-hybridized carbons (Fsp3) is 0.485. The van der Waals surface area contributed by atoms with Gasteiger partial charge in [0.25, 0.3) is 11.8 Å². The molecule has 2 fully saturated rings. The average Bonchev–Trinajstić information content (AvgIpc) is 3.18. The third kappa shape index (κ3) is 6.38. The highest BCUT2D eigenvalue weighted by atomic mass is 28.4. The van der Waals surface area contributed by atoms with E-state index in [1.165, 1.54) is 0 Å². The summed E-state index contributed by atoms with van der Waals surface area (Å²) in [5.74, 6) is -1.17. The van der Waals surface area contributed by atoms with E-state index in [0.717, 1.165) is 10.5 Å². The third-order valence-corrected chi connectivity index (χ3v) is 13.3. The molecule has 44 heavy (non-hydrogen) atoms. The molecule has 2 amide bonds. The molecule has 0 N–H and O–H groups in total. The predicted octanol–water partition coefficient (Wildman–Crippen LogP) is 4.91. The summed E-state index contributed by atoms with van der Waals surface area (Å²) in [6, 6.07) is 17.1. The van der Waals surface area contributed by atoms with Crippen LogP contribution in [-0.4, -0.2) is 74.9 Å². The van der Waals surface area contributed by atoms with Gasteiger partial charge < -0.3 is 28.1 Å². The molecule has 5 rings (SSSR count). The largest absolute Gasteiger partial charge is 0.482 e. The van der Waals surface area contributed by atoms with E-state index in [4.69, 9.17) is 28.1 Å². The maximum absolute atomic E-state index is 13.6. The standard InChI is InChI=1S/C33H41NO9Si/c1-20-21(2)30(37)34(29(20)36)26-28(41-25(35)19-38-23-16-12-9-13-17-23)27-24(40-32(26)43-44(6,7)33(3,4)5)18-39-31(42-27)22-14-10-8-11-15-22/h8-17,24,26-28,31-32H,18-19H2,1-7H3/t24-,26-,27-,28-,31-,32+/m1/s1. The predicted molar refractivity (Wildman–Crippen MR) is 163 cm³/mol. The summed E-state index contributed by atoms with van der Waals surface area (Å²) in [7, 11) is -2.55. The van der Waals surface area contributed by atoms with Crippen molar-refractivity contribution in [1.29, 1.82) is 0 Å². The van der Waals surface area contributed by atoms with Crippen LogP contribution in [0.3, 0.4) is 0 Å². The van der Waals surface area contributed by atoms with Crippen LogP contribution in [-0.2, 0) is 37.8 Å². The van der Waals surface area contributed by atoms with Crippen LogP contribution in [0.5, 0.6) is 5.75 Å². The van der Waals surface area contributed by atoms with Crippen LogP contribution in [0.4, 0.5) is 0 Å². The van der Waals surface area contributed by atoms with E-state index in [-0.39, 0.29) is 11.6 Å². The maximum Gasteiger partial charge on any atom is 0.344 e. The molecule has 2 aromatic carbocycles. The summed E-state index contributed by atoms with van der Waals surface area (Å²) in [6.07, 6.45) is -4.63. The molecule has 2 aromatic rings. The van der Waals surface area contributed by atoms with Gasteiger partial charge in [-0.3, -0.25) is 14.5 Å². The van der Waals surface area contributed by atoms with Crippen molar-refractivity contribution in [3.8, 4) is 5.75 Å². The van der Waals surface area contributed by atoms with Crippen molar-refractivity contribution >= 4 is 26.1 Å². The van der Waals surface area contributed by atoms with Gasteiger partial charge in [-0.05, 0) is 44.1 Å². The Labute approximate surface area is 259 Å². The first-order valence-corrected chi connectivity index (χ1v) is 17.8. The summed E-state index contributed by atoms with van der Waals surface area (Å²) in [6.45, 7) is 13.3. The molecule has 0 bridgehead atoms. The molecular formula is C33H41NO9Si. The Morgan fingerprint density at radius 3 is 2.11 bits per heavy atom. The van der Waals surface area contributed by atoms with Gasteiger partial charge in [0.2, 0.25) is 0 Å². The Kier molecular flexibility index (Phi) is 9.15. The number of carbonyl (C=O) groups is 3. The van der Waals surface area contributed by atoms with Crippen molar-refractivity contribution in [3.63, 3.8) is 0 Å². The quantitative estimate of drug-likeness (QED) is 0.230. The summed E-state index contributed by atoms with van der Waals surface area (Å²) in [5.41, 5.74) is 1.40. The van der Waals surface area contributed by atoms with E-state index in [1.807, 2.05) is 36.4 Å². The van der Waals surface area contributed by atoms with Crippen molar-refractivity contribution in [3.05, 3.63) is 77.4 Å². The van der Waals surface area contributed by atoms with Gasteiger partial charge in [-0.25, -0.2) is 4.79 Å². The Morgan fingerprint density at radius 2 is 1.52 bits per heavy atom. The van der Waals surface area contributed by atoms with Gasteiger partial charge in [-0.15, -0.1) is 0 Å².